The highest BCUT2D eigenvalue weighted by Crippen LogP contribution is 2.30. The number of amides is 8. The Morgan fingerprint density at radius 2 is 1.61 bits per heavy atom. The van der Waals surface area contributed by atoms with Crippen molar-refractivity contribution in [3.63, 3.8) is 0 Å². The summed E-state index contributed by atoms with van der Waals surface area (Å²) >= 11 is 0. The second-order valence-corrected chi connectivity index (χ2v) is 17.1. The first kappa shape index (κ1) is 49.9. The lowest BCUT2D eigenvalue weighted by atomic mass is 10.0. The number of hydrogen-bond acceptors (Lipinski definition) is 12. The molecule has 2 atom stereocenters. The molecule has 0 saturated heterocycles. The lowest BCUT2D eigenvalue weighted by Crippen LogP contribution is -2.54. The Morgan fingerprint density at radius 1 is 0.909 bits per heavy atom. The van der Waals surface area contributed by atoms with Gasteiger partial charge >= 0.3 is 12.1 Å². The van der Waals surface area contributed by atoms with Crippen molar-refractivity contribution in [3.8, 4) is 0 Å². The molecule has 0 aliphatic carbocycles. The van der Waals surface area contributed by atoms with Crippen molar-refractivity contribution in [1.82, 2.24) is 40.3 Å². The fourth-order valence-electron chi connectivity index (χ4n) is 7.42. The van der Waals surface area contributed by atoms with Crippen LogP contribution in [0.2, 0.25) is 0 Å². The van der Waals surface area contributed by atoms with Crippen LogP contribution in [0.15, 0.2) is 60.7 Å². The summed E-state index contributed by atoms with van der Waals surface area (Å²) in [5.74, 6) is -1.79. The predicted molar refractivity (Wildman–Crippen MR) is 247 cm³/mol. The van der Waals surface area contributed by atoms with E-state index in [1.165, 1.54) is 17.1 Å². The third-order valence-electron chi connectivity index (χ3n) is 10.8. The number of nitrogens with zero attached hydrogens (tertiary/aromatic N) is 5. The number of carbonyl (C=O) groups is 7. The summed E-state index contributed by atoms with van der Waals surface area (Å²) in [6.45, 7) is 9.57. The molecular weight excluding hydrogens is 851 g/mol. The number of anilines is 2. The summed E-state index contributed by atoms with van der Waals surface area (Å²) in [5, 5.41) is 22.5. The maximum absolute atomic E-state index is 13.6. The topological polar surface area (TPSA) is 286 Å². The third-order valence-corrected chi connectivity index (χ3v) is 10.8. The molecule has 0 saturated carbocycles. The number of ether oxygens (including phenoxy) is 1. The van der Waals surface area contributed by atoms with Gasteiger partial charge in [-0.2, -0.15) is 0 Å². The molecule has 2 aromatic heterocycles. The number of primary amides is 1. The van der Waals surface area contributed by atoms with Crippen LogP contribution in [0.25, 0.3) is 21.9 Å². The molecule has 8 amide bonds. The number of unbranched alkanes of at least 4 members (excludes halogenated alkanes) is 2. The molecule has 0 fully saturated rings. The van der Waals surface area contributed by atoms with Crippen LogP contribution < -0.4 is 32.7 Å². The van der Waals surface area contributed by atoms with Gasteiger partial charge in [0.15, 0.2) is 5.82 Å². The average Bonchev–Trinajstić information content (AvgIpc) is 3.78. The molecule has 1 aliphatic rings. The number of nitrogens with one attached hydrogen (secondary N) is 4. The summed E-state index contributed by atoms with van der Waals surface area (Å²) in [7, 11) is 0. The van der Waals surface area contributed by atoms with Gasteiger partial charge in [0, 0.05) is 49.3 Å². The molecule has 354 valence electrons. The van der Waals surface area contributed by atoms with Gasteiger partial charge in [0.05, 0.1) is 29.7 Å². The summed E-state index contributed by atoms with van der Waals surface area (Å²) in [6, 6.07) is 11.4. The number of para-hydroxylation sites is 1. The van der Waals surface area contributed by atoms with E-state index >= 15 is 0 Å². The molecule has 4 aromatic rings. The molecule has 5 rings (SSSR count). The zero-order valence-corrected chi connectivity index (χ0v) is 38.1. The molecule has 1 unspecified atom stereocenters. The molecule has 20 heteroatoms. The van der Waals surface area contributed by atoms with Crippen molar-refractivity contribution in [3.05, 3.63) is 72.1 Å². The van der Waals surface area contributed by atoms with Crippen LogP contribution in [0.3, 0.4) is 0 Å². The van der Waals surface area contributed by atoms with Crippen molar-refractivity contribution in [2.45, 2.75) is 111 Å². The molecular formula is C46H61N11O9. The second-order valence-electron chi connectivity index (χ2n) is 17.1. The number of fused-ring (bicyclic) bond motifs is 3. The molecule has 66 heavy (non-hydrogen) atoms. The van der Waals surface area contributed by atoms with Gasteiger partial charge < -0.3 is 52.0 Å². The fraction of sp³-hybridized carbons (Fsp3) is 0.457. The van der Waals surface area contributed by atoms with E-state index in [1.807, 2.05) is 35.8 Å². The highest BCUT2D eigenvalue weighted by molar-refractivity contribution is 6.13. The molecule has 20 nitrogen and oxygen atoms in total. The second kappa shape index (κ2) is 22.7. The van der Waals surface area contributed by atoms with E-state index in [0.29, 0.717) is 59.3 Å². The minimum Gasteiger partial charge on any atom is -0.445 e. The summed E-state index contributed by atoms with van der Waals surface area (Å²) in [6.07, 6.45) is 3.97. The van der Waals surface area contributed by atoms with Gasteiger partial charge in [-0.25, -0.2) is 19.6 Å². The molecule has 1 aliphatic heterocycles. The monoisotopic (exact) mass is 911 g/mol. The van der Waals surface area contributed by atoms with E-state index < -0.39 is 41.6 Å². The van der Waals surface area contributed by atoms with Crippen LogP contribution in [0, 0.1) is 5.92 Å². The van der Waals surface area contributed by atoms with Gasteiger partial charge in [0.25, 0.3) is 11.8 Å². The number of carbonyl (C=O) groups excluding carboxylic acids is 7. The number of rotatable bonds is 23. The molecule has 0 radical (unpaired) electrons. The van der Waals surface area contributed by atoms with Gasteiger partial charge in [-0.3, -0.25) is 28.9 Å². The summed E-state index contributed by atoms with van der Waals surface area (Å²) in [4.78, 5) is 100. The smallest absolute Gasteiger partial charge is 0.410 e. The van der Waals surface area contributed by atoms with E-state index in [4.69, 9.17) is 21.2 Å². The Bertz CT molecular complexity index is 2430. The van der Waals surface area contributed by atoms with Crippen molar-refractivity contribution in [1.29, 1.82) is 0 Å². The fourth-order valence-corrected chi connectivity index (χ4v) is 7.42. The minimum absolute atomic E-state index is 0.0620. The van der Waals surface area contributed by atoms with Gasteiger partial charge in [-0.05, 0) is 76.1 Å². The average molecular weight is 912 g/mol. The minimum atomic E-state index is -1.12. The van der Waals surface area contributed by atoms with Crippen LogP contribution >= 0.6 is 0 Å². The van der Waals surface area contributed by atoms with Crippen LogP contribution in [0.1, 0.15) is 84.5 Å². The molecule has 2 aromatic carbocycles. The van der Waals surface area contributed by atoms with Crippen molar-refractivity contribution < 1.29 is 43.4 Å². The first-order valence-corrected chi connectivity index (χ1v) is 22.1. The number of benzene rings is 2. The normalized spacial score (nSPS) is 13.5. The molecule has 3 heterocycles. The number of nitrogen functional groups attached to an aromatic ring is 1. The number of hydrogen-bond donors (Lipinski definition) is 7. The number of aliphatic hydroxyl groups is 1. The first-order chi connectivity index (χ1) is 31.3. The maximum atomic E-state index is 13.6. The molecule has 0 bridgehead atoms. The van der Waals surface area contributed by atoms with E-state index in [-0.39, 0.29) is 81.6 Å². The van der Waals surface area contributed by atoms with E-state index in [2.05, 4.69) is 26.3 Å². The first-order valence-electron chi connectivity index (χ1n) is 22.1. The Morgan fingerprint density at radius 3 is 2.26 bits per heavy atom. The number of imidazole rings is 1. The number of nitrogens with two attached hydrogens (primary N) is 2. The Balaban J connectivity index is 1.17. The third kappa shape index (κ3) is 13.7. The van der Waals surface area contributed by atoms with Crippen LogP contribution in [-0.2, 0) is 48.4 Å². The zero-order valence-electron chi connectivity index (χ0n) is 38.1. The van der Waals surface area contributed by atoms with Gasteiger partial charge in [-0.15, -0.1) is 0 Å². The lowest BCUT2D eigenvalue weighted by Gasteiger charge is -2.25. The predicted octanol–water partition coefficient (Wildman–Crippen LogP) is 3.59. The zero-order chi connectivity index (χ0) is 48.1. The van der Waals surface area contributed by atoms with Crippen LogP contribution in [-0.4, -0.2) is 108 Å². The largest absolute Gasteiger partial charge is 0.445 e. The van der Waals surface area contributed by atoms with Crippen molar-refractivity contribution in [2.75, 3.05) is 30.7 Å². The Kier molecular flexibility index (Phi) is 17.2. The van der Waals surface area contributed by atoms with Crippen LogP contribution in [0.5, 0.6) is 0 Å². The standard InChI is InChI=1S/C46H61N11O9/c1-6-55(25-34-53-39-40(57(34)27-46(4,5)65)31-13-9-10-14-32(31)51-41(39)47)45(64)66-26-29-17-19-30(20-18-29)50-42(61)33(15-12-23-49-44(48)63)52-43(62)38(28(2)3)54-35(58)16-8-7-11-24-56-36(59)21-22-37(56)60/h9-10,13-14,17-22,28,33,38,65H,6-8,11-12,15-16,23-27H2,1-5H3,(H2,47,51)(H,50,61)(H,52,62)(H,54,58)(H3,48,49,63)/t33-,38?/m0/s1. The highest BCUT2D eigenvalue weighted by Gasteiger charge is 2.30. The number of pyridine rings is 1. The number of aromatic nitrogens is 3. The Labute approximate surface area is 382 Å². The summed E-state index contributed by atoms with van der Waals surface area (Å²) < 4.78 is 7.56. The van der Waals surface area contributed by atoms with Crippen LogP contribution in [0.4, 0.5) is 21.1 Å². The van der Waals surface area contributed by atoms with Crippen molar-refractivity contribution >= 4 is 75.1 Å². The van der Waals surface area contributed by atoms with E-state index in [9.17, 15) is 38.7 Å². The van der Waals surface area contributed by atoms with E-state index in [0.717, 1.165) is 10.3 Å². The number of urea groups is 1. The quantitative estimate of drug-likeness (QED) is 0.0415. The van der Waals surface area contributed by atoms with Gasteiger partial charge in [0.2, 0.25) is 17.7 Å². The maximum Gasteiger partial charge on any atom is 0.410 e. The highest BCUT2D eigenvalue weighted by atomic mass is 16.6. The molecule has 0 spiro atoms. The number of imide groups is 1. The van der Waals surface area contributed by atoms with E-state index in [1.54, 1.807) is 52.0 Å². The summed E-state index contributed by atoms with van der Waals surface area (Å²) in [5.41, 5.74) is 13.3. The Hall–Kier alpha value is -7.09. The lowest BCUT2D eigenvalue weighted by molar-refractivity contribution is -0.137. The van der Waals surface area contributed by atoms with Gasteiger partial charge in [-0.1, -0.05) is 50.6 Å². The molecule has 9 N–H and O–H groups in total. The SMILES string of the molecule is CCN(Cc1nc2c(N)nc3ccccc3c2n1CC(C)(C)O)C(=O)OCc1ccc(NC(=O)[C@H](CCCNC(N)=O)NC(=O)C(NC(=O)CCCCCN2C(=O)C=CC2=O)C(C)C)cc1. The van der Waals surface area contributed by atoms with Gasteiger partial charge in [0.1, 0.15) is 30.0 Å². The van der Waals surface area contributed by atoms with Crippen molar-refractivity contribution in [2.24, 2.45) is 11.7 Å².